The second-order valence-corrected chi connectivity index (χ2v) is 4.66. The molecular weight excluding hydrogens is 310 g/mol. The summed E-state index contributed by atoms with van der Waals surface area (Å²) in [4.78, 5) is 23.0. The fraction of sp³-hybridized carbons (Fsp3) is 0.167. The first-order valence-corrected chi connectivity index (χ1v) is 7.16. The van der Waals surface area contributed by atoms with Gasteiger partial charge < -0.3 is 13.9 Å². The van der Waals surface area contributed by atoms with Gasteiger partial charge in [-0.1, -0.05) is 12.1 Å². The number of nitrogens with zero attached hydrogens (tertiary/aromatic N) is 1. The minimum absolute atomic E-state index is 0.140. The highest BCUT2D eigenvalue weighted by Gasteiger charge is 2.12. The lowest BCUT2D eigenvalue weighted by Gasteiger charge is -2.01. The summed E-state index contributed by atoms with van der Waals surface area (Å²) in [6, 6.07) is 11.8. The highest BCUT2D eigenvalue weighted by Crippen LogP contribution is 2.24. The summed E-state index contributed by atoms with van der Waals surface area (Å²) < 4.78 is 15.0. The van der Waals surface area contributed by atoms with Crippen molar-refractivity contribution in [3.8, 4) is 17.4 Å². The fourth-order valence-corrected chi connectivity index (χ4v) is 1.96. The number of rotatable bonds is 5. The summed E-state index contributed by atoms with van der Waals surface area (Å²) in [5, 5.41) is 9.01. The zero-order chi connectivity index (χ0) is 17.5. The first-order chi connectivity index (χ1) is 11.6. The molecule has 122 valence electrons. The third-order valence-corrected chi connectivity index (χ3v) is 3.12. The van der Waals surface area contributed by atoms with Crippen LogP contribution in [0.25, 0.3) is 17.4 Å². The molecule has 0 aliphatic rings. The van der Waals surface area contributed by atoms with E-state index in [1.807, 2.05) is 0 Å². The predicted molar refractivity (Wildman–Crippen MR) is 85.7 cm³/mol. The quantitative estimate of drug-likeness (QED) is 0.476. The minimum Gasteiger partial charge on any atom is -0.465 e. The van der Waals surface area contributed by atoms with Gasteiger partial charge in [0.05, 0.1) is 19.3 Å². The minimum atomic E-state index is -0.694. The van der Waals surface area contributed by atoms with E-state index in [4.69, 9.17) is 14.4 Å². The molecule has 0 N–H and O–H groups in total. The average Bonchev–Trinajstić information content (AvgIpc) is 3.08. The van der Waals surface area contributed by atoms with Crippen LogP contribution >= 0.6 is 0 Å². The van der Waals surface area contributed by atoms with Gasteiger partial charge in [-0.15, -0.1) is 0 Å². The number of benzene rings is 1. The van der Waals surface area contributed by atoms with Gasteiger partial charge in [0.15, 0.2) is 0 Å². The van der Waals surface area contributed by atoms with Crippen LogP contribution in [0.15, 0.2) is 46.4 Å². The molecule has 2 rings (SSSR count). The van der Waals surface area contributed by atoms with E-state index >= 15 is 0 Å². The molecule has 0 fully saturated rings. The van der Waals surface area contributed by atoms with Crippen LogP contribution in [0.3, 0.4) is 0 Å². The van der Waals surface area contributed by atoms with Crippen molar-refractivity contribution >= 4 is 18.0 Å². The molecule has 0 aliphatic heterocycles. The van der Waals surface area contributed by atoms with Crippen molar-refractivity contribution in [2.45, 2.75) is 6.92 Å². The van der Waals surface area contributed by atoms with E-state index in [1.54, 1.807) is 49.4 Å². The van der Waals surface area contributed by atoms with Crippen LogP contribution in [0.2, 0.25) is 0 Å². The number of furan rings is 1. The lowest BCUT2D eigenvalue weighted by atomic mass is 10.1. The van der Waals surface area contributed by atoms with E-state index in [0.717, 1.165) is 5.56 Å². The highest BCUT2D eigenvalue weighted by molar-refractivity contribution is 5.97. The number of methoxy groups -OCH3 is 1. The van der Waals surface area contributed by atoms with E-state index in [0.29, 0.717) is 17.1 Å². The Morgan fingerprint density at radius 3 is 2.50 bits per heavy atom. The van der Waals surface area contributed by atoms with E-state index in [-0.39, 0.29) is 12.2 Å². The van der Waals surface area contributed by atoms with Gasteiger partial charge in [-0.05, 0) is 31.2 Å². The maximum absolute atomic E-state index is 11.6. The number of esters is 2. The number of ether oxygens (including phenoxy) is 2. The summed E-state index contributed by atoms with van der Waals surface area (Å²) >= 11 is 0. The Bertz CT molecular complexity index is 809. The lowest BCUT2D eigenvalue weighted by molar-refractivity contribution is -0.137. The van der Waals surface area contributed by atoms with Gasteiger partial charge in [0, 0.05) is 11.6 Å². The zero-order valence-electron chi connectivity index (χ0n) is 13.2. The molecule has 1 aromatic heterocycles. The van der Waals surface area contributed by atoms with Crippen molar-refractivity contribution in [1.29, 1.82) is 5.26 Å². The lowest BCUT2D eigenvalue weighted by Crippen LogP contribution is -2.05. The molecule has 6 nitrogen and oxygen atoms in total. The van der Waals surface area contributed by atoms with Gasteiger partial charge in [0.25, 0.3) is 0 Å². The van der Waals surface area contributed by atoms with Gasteiger partial charge in [-0.25, -0.2) is 9.59 Å². The zero-order valence-corrected chi connectivity index (χ0v) is 13.2. The number of carbonyl (C=O) groups excluding carboxylic acids is 2. The monoisotopic (exact) mass is 325 g/mol. The van der Waals surface area contributed by atoms with Gasteiger partial charge in [0.1, 0.15) is 23.2 Å². The number of carbonyl (C=O) groups is 2. The van der Waals surface area contributed by atoms with E-state index in [1.165, 1.54) is 13.2 Å². The summed E-state index contributed by atoms with van der Waals surface area (Å²) in [6.45, 7) is 1.85. The second kappa shape index (κ2) is 7.79. The molecule has 0 atom stereocenters. The molecule has 0 saturated carbocycles. The molecule has 0 aliphatic carbocycles. The van der Waals surface area contributed by atoms with Gasteiger partial charge in [-0.2, -0.15) is 5.26 Å². The van der Waals surface area contributed by atoms with Gasteiger partial charge in [0.2, 0.25) is 0 Å². The van der Waals surface area contributed by atoms with Gasteiger partial charge >= 0.3 is 11.9 Å². The van der Waals surface area contributed by atoms with E-state index < -0.39 is 11.9 Å². The maximum atomic E-state index is 11.6. The third kappa shape index (κ3) is 3.90. The Labute approximate surface area is 138 Å². The SMILES string of the molecule is CCOC(=O)/C(C#N)=C\c1ccc(-c2ccc(C(=O)OC)cc2)o1. The summed E-state index contributed by atoms with van der Waals surface area (Å²) in [5.74, 6) is -0.219. The Morgan fingerprint density at radius 2 is 1.92 bits per heavy atom. The summed E-state index contributed by atoms with van der Waals surface area (Å²) in [6.07, 6.45) is 1.32. The van der Waals surface area contributed by atoms with Crippen molar-refractivity contribution < 1.29 is 23.5 Å². The molecule has 0 amide bonds. The van der Waals surface area contributed by atoms with Crippen LogP contribution < -0.4 is 0 Å². The predicted octanol–water partition coefficient (Wildman–Crippen LogP) is 3.20. The Morgan fingerprint density at radius 1 is 1.21 bits per heavy atom. The third-order valence-electron chi connectivity index (χ3n) is 3.12. The molecule has 0 bridgehead atoms. The molecule has 0 radical (unpaired) electrons. The number of hydrogen-bond acceptors (Lipinski definition) is 6. The summed E-state index contributed by atoms with van der Waals surface area (Å²) in [5.41, 5.74) is 1.04. The molecule has 1 aromatic carbocycles. The normalized spacial score (nSPS) is 10.8. The highest BCUT2D eigenvalue weighted by atomic mass is 16.5. The smallest absolute Gasteiger partial charge is 0.349 e. The molecule has 24 heavy (non-hydrogen) atoms. The van der Waals surface area contributed by atoms with Crippen molar-refractivity contribution in [1.82, 2.24) is 0 Å². The topological polar surface area (TPSA) is 89.5 Å². The van der Waals surface area contributed by atoms with E-state index in [2.05, 4.69) is 4.74 Å². The average molecular weight is 325 g/mol. The van der Waals surface area contributed by atoms with Crippen molar-refractivity contribution in [2.24, 2.45) is 0 Å². The molecule has 1 heterocycles. The van der Waals surface area contributed by atoms with Crippen LogP contribution in [0.5, 0.6) is 0 Å². The molecule has 6 heteroatoms. The van der Waals surface area contributed by atoms with Crippen molar-refractivity contribution in [3.63, 3.8) is 0 Å². The Hall–Kier alpha value is -3.33. The first-order valence-electron chi connectivity index (χ1n) is 7.16. The largest absolute Gasteiger partial charge is 0.465 e. The van der Waals surface area contributed by atoms with Crippen LogP contribution in [-0.2, 0) is 14.3 Å². The Balaban J connectivity index is 2.23. The summed E-state index contributed by atoms with van der Waals surface area (Å²) in [7, 11) is 1.32. The first kappa shape index (κ1) is 17.0. The van der Waals surface area contributed by atoms with Crippen molar-refractivity contribution in [3.05, 3.63) is 53.3 Å². The Kier molecular flexibility index (Phi) is 5.53. The number of hydrogen-bond donors (Lipinski definition) is 0. The molecular formula is C18H15NO5. The van der Waals surface area contributed by atoms with Crippen LogP contribution in [-0.4, -0.2) is 25.7 Å². The molecule has 2 aromatic rings. The number of nitriles is 1. The molecule has 0 spiro atoms. The van der Waals surface area contributed by atoms with Crippen LogP contribution in [0, 0.1) is 11.3 Å². The van der Waals surface area contributed by atoms with Crippen molar-refractivity contribution in [2.75, 3.05) is 13.7 Å². The molecule has 0 saturated heterocycles. The molecule has 0 unspecified atom stereocenters. The van der Waals surface area contributed by atoms with E-state index in [9.17, 15) is 9.59 Å². The fourth-order valence-electron chi connectivity index (χ4n) is 1.96. The van der Waals surface area contributed by atoms with Gasteiger partial charge in [-0.3, -0.25) is 0 Å². The maximum Gasteiger partial charge on any atom is 0.349 e. The second-order valence-electron chi connectivity index (χ2n) is 4.66. The standard InChI is InChI=1S/C18H15NO5/c1-3-23-18(21)14(11-19)10-15-8-9-16(24-15)12-4-6-13(7-5-12)17(20)22-2/h4-10H,3H2,1-2H3/b14-10-. The van der Waals surface area contributed by atoms with Crippen LogP contribution in [0.4, 0.5) is 0 Å². The van der Waals surface area contributed by atoms with Crippen LogP contribution in [0.1, 0.15) is 23.0 Å².